The zero-order valence-electron chi connectivity index (χ0n) is 10.4. The van der Waals surface area contributed by atoms with E-state index in [9.17, 15) is 14.4 Å². The largest absolute Gasteiger partial charge is 0.292 e. The molecular formula is C15H7BrCl2FNO. The van der Waals surface area contributed by atoms with E-state index in [0.717, 1.165) is 0 Å². The minimum Gasteiger partial charge on any atom is -0.292 e. The molecule has 2 nitrogen and oxygen atoms in total. The van der Waals surface area contributed by atoms with Gasteiger partial charge in [0.05, 0.1) is 10.5 Å². The van der Waals surface area contributed by atoms with Crippen molar-refractivity contribution in [2.24, 2.45) is 0 Å². The molecule has 2 aromatic carbocycles. The van der Waals surface area contributed by atoms with Crippen LogP contribution in [0.15, 0.2) is 40.9 Å². The summed E-state index contributed by atoms with van der Waals surface area (Å²) in [7, 11) is 0. The summed E-state index contributed by atoms with van der Waals surface area (Å²) < 4.78 is 13.5. The van der Waals surface area contributed by atoms with Gasteiger partial charge in [-0.2, -0.15) is 5.26 Å². The number of nitrogens with zero attached hydrogens (tertiary/aromatic N) is 1. The molecule has 6 heteroatoms. The molecule has 0 aliphatic rings. The van der Waals surface area contributed by atoms with Crippen molar-refractivity contribution in [1.82, 2.24) is 0 Å². The Labute approximate surface area is 139 Å². The van der Waals surface area contributed by atoms with Gasteiger partial charge in [0.25, 0.3) is 0 Å². The molecule has 0 N–H and O–H groups in total. The molecule has 0 fully saturated rings. The number of benzene rings is 2. The van der Waals surface area contributed by atoms with Crippen LogP contribution in [0.2, 0.25) is 10.0 Å². The van der Waals surface area contributed by atoms with Crippen molar-refractivity contribution in [1.29, 1.82) is 5.26 Å². The van der Waals surface area contributed by atoms with E-state index >= 15 is 0 Å². The molecule has 2 aromatic rings. The molecular weight excluding hydrogens is 380 g/mol. The highest BCUT2D eigenvalue weighted by molar-refractivity contribution is 9.10. The first-order valence-corrected chi connectivity index (χ1v) is 7.34. The predicted octanol–water partition coefficient (Wildman–Crippen LogP) is 5.39. The Morgan fingerprint density at radius 1 is 1.19 bits per heavy atom. The minimum atomic E-state index is -1.20. The SMILES string of the molecule is N#CC(C(=O)c1cccc(F)c1Br)c1c(Cl)cccc1Cl. The Bertz CT molecular complexity index is 738. The molecule has 0 aliphatic carbocycles. The van der Waals surface area contributed by atoms with E-state index in [1.54, 1.807) is 18.2 Å². The molecule has 0 saturated heterocycles. The highest BCUT2D eigenvalue weighted by Gasteiger charge is 2.28. The van der Waals surface area contributed by atoms with E-state index in [1.807, 2.05) is 6.07 Å². The molecule has 0 radical (unpaired) electrons. The van der Waals surface area contributed by atoms with Gasteiger partial charge >= 0.3 is 0 Å². The van der Waals surface area contributed by atoms with Crippen LogP contribution in [-0.2, 0) is 0 Å². The fourth-order valence-electron chi connectivity index (χ4n) is 1.89. The summed E-state index contributed by atoms with van der Waals surface area (Å²) in [4.78, 5) is 12.5. The van der Waals surface area contributed by atoms with Gasteiger partial charge in [-0.3, -0.25) is 4.79 Å². The summed E-state index contributed by atoms with van der Waals surface area (Å²) in [5, 5.41) is 9.76. The quantitative estimate of drug-likeness (QED) is 0.664. The molecule has 0 spiro atoms. The second-order valence-corrected chi connectivity index (χ2v) is 5.77. The molecule has 0 aromatic heterocycles. The van der Waals surface area contributed by atoms with Gasteiger partial charge in [-0.15, -0.1) is 0 Å². The lowest BCUT2D eigenvalue weighted by Gasteiger charge is -2.13. The number of ketones is 1. The first-order chi connectivity index (χ1) is 9.97. The predicted molar refractivity (Wildman–Crippen MR) is 83.2 cm³/mol. The van der Waals surface area contributed by atoms with Gasteiger partial charge in [-0.05, 0) is 40.2 Å². The third-order valence-electron chi connectivity index (χ3n) is 2.90. The van der Waals surface area contributed by atoms with Crippen molar-refractivity contribution in [3.63, 3.8) is 0 Å². The molecule has 1 unspecified atom stereocenters. The van der Waals surface area contributed by atoms with Gasteiger partial charge in [0.2, 0.25) is 0 Å². The number of hydrogen-bond donors (Lipinski definition) is 0. The van der Waals surface area contributed by atoms with Gasteiger partial charge in [-0.1, -0.05) is 35.3 Å². The lowest BCUT2D eigenvalue weighted by molar-refractivity contribution is 0.0977. The lowest BCUT2D eigenvalue weighted by atomic mass is 9.91. The third-order valence-corrected chi connectivity index (χ3v) is 4.36. The van der Waals surface area contributed by atoms with E-state index in [0.29, 0.717) is 0 Å². The Kier molecular flexibility index (Phi) is 5.00. The van der Waals surface area contributed by atoms with Gasteiger partial charge in [0.1, 0.15) is 11.7 Å². The van der Waals surface area contributed by atoms with Crippen LogP contribution in [-0.4, -0.2) is 5.78 Å². The first-order valence-electron chi connectivity index (χ1n) is 5.79. The summed E-state index contributed by atoms with van der Waals surface area (Å²) in [6.07, 6.45) is 0. The number of carbonyl (C=O) groups is 1. The smallest absolute Gasteiger partial charge is 0.185 e. The van der Waals surface area contributed by atoms with Crippen LogP contribution in [0.25, 0.3) is 0 Å². The second-order valence-electron chi connectivity index (χ2n) is 4.16. The first kappa shape index (κ1) is 16.0. The fraction of sp³-hybridized carbons (Fsp3) is 0.0667. The summed E-state index contributed by atoms with van der Waals surface area (Å²) in [6.45, 7) is 0. The molecule has 0 amide bonds. The Balaban J connectivity index is 2.55. The lowest BCUT2D eigenvalue weighted by Crippen LogP contribution is -2.13. The zero-order chi connectivity index (χ0) is 15.6. The van der Waals surface area contributed by atoms with E-state index in [2.05, 4.69) is 15.9 Å². The Morgan fingerprint density at radius 3 is 2.33 bits per heavy atom. The molecule has 0 saturated carbocycles. The van der Waals surface area contributed by atoms with Gasteiger partial charge < -0.3 is 0 Å². The molecule has 0 aliphatic heterocycles. The van der Waals surface area contributed by atoms with E-state index in [1.165, 1.54) is 18.2 Å². The van der Waals surface area contributed by atoms with Crippen LogP contribution in [0, 0.1) is 17.1 Å². The molecule has 106 valence electrons. The molecule has 0 bridgehead atoms. The number of hydrogen-bond acceptors (Lipinski definition) is 2. The summed E-state index contributed by atoms with van der Waals surface area (Å²) in [6, 6.07) is 10.6. The highest BCUT2D eigenvalue weighted by atomic mass is 79.9. The Hall–Kier alpha value is -1.41. The monoisotopic (exact) mass is 385 g/mol. The summed E-state index contributed by atoms with van der Waals surface area (Å²) in [5.74, 6) is -2.36. The molecule has 2 rings (SSSR count). The maximum Gasteiger partial charge on any atom is 0.185 e. The number of Topliss-reactive ketones (excluding diaryl/α,β-unsaturated/α-hetero) is 1. The van der Waals surface area contributed by atoms with E-state index < -0.39 is 17.5 Å². The van der Waals surface area contributed by atoms with Crippen LogP contribution in [0.4, 0.5) is 4.39 Å². The van der Waals surface area contributed by atoms with Crippen molar-refractivity contribution in [3.05, 3.63) is 67.9 Å². The average Bonchev–Trinajstić information content (AvgIpc) is 2.45. The van der Waals surface area contributed by atoms with Crippen molar-refractivity contribution >= 4 is 44.9 Å². The third kappa shape index (κ3) is 3.11. The maximum atomic E-state index is 13.5. The minimum absolute atomic E-state index is 0.0124. The highest BCUT2D eigenvalue weighted by Crippen LogP contribution is 2.34. The Morgan fingerprint density at radius 2 is 1.76 bits per heavy atom. The van der Waals surface area contributed by atoms with Crippen molar-refractivity contribution in [2.45, 2.75) is 5.92 Å². The van der Waals surface area contributed by atoms with Crippen LogP contribution in [0.1, 0.15) is 21.8 Å². The van der Waals surface area contributed by atoms with Crippen LogP contribution >= 0.6 is 39.1 Å². The summed E-state index contributed by atoms with van der Waals surface area (Å²) >= 11 is 15.1. The molecule has 0 heterocycles. The van der Waals surface area contributed by atoms with Crippen LogP contribution in [0.5, 0.6) is 0 Å². The number of carbonyl (C=O) groups excluding carboxylic acids is 1. The molecule has 21 heavy (non-hydrogen) atoms. The second kappa shape index (κ2) is 6.57. The average molecular weight is 387 g/mol. The van der Waals surface area contributed by atoms with Crippen LogP contribution in [0.3, 0.4) is 0 Å². The zero-order valence-corrected chi connectivity index (χ0v) is 13.5. The van der Waals surface area contributed by atoms with E-state index in [-0.39, 0.29) is 25.6 Å². The summed E-state index contributed by atoms with van der Waals surface area (Å²) in [5.41, 5.74) is 0.294. The standard InChI is InChI=1S/C15H7BrCl2FNO/c16-14-8(3-1-6-12(14)19)15(21)9(7-20)13-10(17)4-2-5-11(13)18/h1-6,9H. The van der Waals surface area contributed by atoms with Crippen molar-refractivity contribution in [2.75, 3.05) is 0 Å². The maximum absolute atomic E-state index is 13.5. The van der Waals surface area contributed by atoms with Gasteiger partial charge in [0, 0.05) is 21.2 Å². The fourth-order valence-corrected chi connectivity index (χ4v) is 2.97. The van der Waals surface area contributed by atoms with Crippen molar-refractivity contribution in [3.8, 4) is 6.07 Å². The van der Waals surface area contributed by atoms with Crippen LogP contribution < -0.4 is 0 Å². The topological polar surface area (TPSA) is 40.9 Å². The van der Waals surface area contributed by atoms with Gasteiger partial charge in [0.15, 0.2) is 5.78 Å². The number of nitriles is 1. The number of rotatable bonds is 3. The van der Waals surface area contributed by atoms with Crippen molar-refractivity contribution < 1.29 is 9.18 Å². The van der Waals surface area contributed by atoms with Gasteiger partial charge in [-0.25, -0.2) is 4.39 Å². The normalized spacial score (nSPS) is 11.8. The molecule has 1 atom stereocenters. The van der Waals surface area contributed by atoms with E-state index in [4.69, 9.17) is 23.2 Å². The number of halogens is 4.